The molecule has 0 radical (unpaired) electrons. The monoisotopic (exact) mass is 485 g/mol. The van der Waals surface area contributed by atoms with Crippen LogP contribution in [0.4, 0.5) is 13.2 Å². The van der Waals surface area contributed by atoms with Gasteiger partial charge in [0.2, 0.25) is 10.9 Å². The lowest BCUT2D eigenvalue weighted by Gasteiger charge is -2.11. The summed E-state index contributed by atoms with van der Waals surface area (Å²) in [6.45, 7) is -0.00644. The number of carbonyl (C=O) groups is 1. The summed E-state index contributed by atoms with van der Waals surface area (Å²) < 4.78 is 67.0. The van der Waals surface area contributed by atoms with E-state index in [1.165, 1.54) is 18.2 Å². The Morgan fingerprint density at radius 2 is 1.71 bits per heavy atom. The molecule has 6 nitrogen and oxygen atoms in total. The van der Waals surface area contributed by atoms with E-state index in [1.807, 2.05) is 30.3 Å². The maximum atomic E-state index is 15.0. The predicted molar refractivity (Wildman–Crippen MR) is 121 cm³/mol. The number of nitrogens with one attached hydrogen (secondary N) is 1. The van der Waals surface area contributed by atoms with Crippen molar-refractivity contribution in [3.8, 4) is 11.3 Å². The molecule has 10 heteroatoms. The van der Waals surface area contributed by atoms with E-state index in [4.69, 9.17) is 0 Å². The summed E-state index contributed by atoms with van der Waals surface area (Å²) in [5, 5.41) is 0. The molecule has 0 atom stereocenters. The van der Waals surface area contributed by atoms with Gasteiger partial charge < -0.3 is 0 Å². The zero-order valence-corrected chi connectivity index (χ0v) is 18.5. The van der Waals surface area contributed by atoms with E-state index < -0.39 is 39.7 Å². The molecule has 1 aromatic heterocycles. The molecule has 3 aromatic carbocycles. The quantitative estimate of drug-likeness (QED) is 0.171. The fourth-order valence-corrected chi connectivity index (χ4v) is 3.87. The van der Waals surface area contributed by atoms with Gasteiger partial charge in [-0.1, -0.05) is 30.3 Å². The van der Waals surface area contributed by atoms with E-state index in [0.29, 0.717) is 22.8 Å². The zero-order chi connectivity index (χ0) is 24.2. The highest BCUT2D eigenvalue weighted by Gasteiger charge is 2.25. The lowest BCUT2D eigenvalue weighted by molar-refractivity contribution is 0.102. The van der Waals surface area contributed by atoms with Gasteiger partial charge in [0.1, 0.15) is 5.82 Å². The SMILES string of the molecule is O=C(c1ccc2ncc(-c3ccccc3)nc2c1)c1c(F)c(F)cc(CCCN[SH](=O)=O)c1F. The van der Waals surface area contributed by atoms with Crippen LogP contribution in [-0.2, 0) is 17.3 Å². The molecular formula is C24H18F3N3O3S. The molecule has 0 saturated carbocycles. The number of aryl methyl sites for hydroxylation is 1. The fraction of sp³-hybridized carbons (Fsp3) is 0.125. The fourth-order valence-electron chi connectivity index (χ4n) is 3.53. The molecule has 174 valence electrons. The zero-order valence-electron chi connectivity index (χ0n) is 17.6. The lowest BCUT2D eigenvalue weighted by Crippen LogP contribution is -2.15. The molecule has 0 aliphatic rings. The van der Waals surface area contributed by atoms with Gasteiger partial charge in [-0.2, -0.15) is 0 Å². The van der Waals surface area contributed by atoms with E-state index in [9.17, 15) is 22.0 Å². The number of ketones is 1. The van der Waals surface area contributed by atoms with Crippen LogP contribution in [0.5, 0.6) is 0 Å². The minimum atomic E-state index is -2.82. The summed E-state index contributed by atoms with van der Waals surface area (Å²) in [5.74, 6) is -5.17. The number of aromatic nitrogens is 2. The number of hydrogen-bond donors (Lipinski definition) is 2. The normalized spacial score (nSPS) is 11.3. The van der Waals surface area contributed by atoms with Crippen LogP contribution in [0.15, 0.2) is 60.8 Å². The number of fused-ring (bicyclic) bond motifs is 1. The minimum Gasteiger partial charge on any atom is -0.288 e. The third-order valence-electron chi connectivity index (χ3n) is 5.20. The number of nitrogens with zero attached hydrogens (tertiary/aromatic N) is 2. The Kier molecular flexibility index (Phi) is 6.99. The van der Waals surface area contributed by atoms with Crippen molar-refractivity contribution in [1.29, 1.82) is 0 Å². The van der Waals surface area contributed by atoms with Crippen molar-refractivity contribution >= 4 is 27.7 Å². The maximum absolute atomic E-state index is 15.0. The second-order valence-corrected chi connectivity index (χ2v) is 8.27. The first-order valence-corrected chi connectivity index (χ1v) is 11.4. The average molecular weight is 485 g/mol. The highest BCUT2D eigenvalue weighted by Crippen LogP contribution is 2.26. The third-order valence-corrected chi connectivity index (χ3v) is 5.68. The topological polar surface area (TPSA) is 89.0 Å². The van der Waals surface area contributed by atoms with E-state index in [-0.39, 0.29) is 30.5 Å². The highest BCUT2D eigenvalue weighted by atomic mass is 32.2. The van der Waals surface area contributed by atoms with Crippen LogP contribution in [0.1, 0.15) is 27.9 Å². The first kappa shape index (κ1) is 23.5. The Labute approximate surface area is 194 Å². The molecule has 1 heterocycles. The minimum absolute atomic E-state index is 0.00644. The van der Waals surface area contributed by atoms with Crippen molar-refractivity contribution in [2.24, 2.45) is 0 Å². The second kappa shape index (κ2) is 10.1. The molecule has 4 rings (SSSR count). The summed E-state index contributed by atoms with van der Waals surface area (Å²) in [6, 6.07) is 14.1. The van der Waals surface area contributed by atoms with Gasteiger partial charge in [-0.15, -0.1) is 0 Å². The highest BCUT2D eigenvalue weighted by molar-refractivity contribution is 7.70. The van der Waals surface area contributed by atoms with Gasteiger partial charge in [0.05, 0.1) is 28.5 Å². The number of benzene rings is 3. The Morgan fingerprint density at radius 3 is 2.44 bits per heavy atom. The predicted octanol–water partition coefficient (Wildman–Crippen LogP) is 3.99. The number of halogens is 3. The number of rotatable bonds is 8. The van der Waals surface area contributed by atoms with Crippen molar-refractivity contribution in [2.75, 3.05) is 6.54 Å². The Balaban J connectivity index is 1.69. The van der Waals surface area contributed by atoms with Crippen LogP contribution in [0.3, 0.4) is 0 Å². The Hall–Kier alpha value is -3.63. The molecule has 4 aromatic rings. The summed E-state index contributed by atoms with van der Waals surface area (Å²) in [5.41, 5.74) is 0.852. The molecule has 1 N–H and O–H groups in total. The summed E-state index contributed by atoms with van der Waals surface area (Å²) in [6.07, 6.45) is 1.62. The number of hydrogen-bond acceptors (Lipinski definition) is 5. The third kappa shape index (κ3) is 4.97. The van der Waals surface area contributed by atoms with E-state index in [2.05, 4.69) is 14.7 Å². The van der Waals surface area contributed by atoms with Crippen molar-refractivity contribution in [3.05, 3.63) is 94.9 Å². The second-order valence-electron chi connectivity index (χ2n) is 7.44. The van der Waals surface area contributed by atoms with Crippen LogP contribution in [-0.4, -0.2) is 30.7 Å². The molecule has 0 fully saturated rings. The first-order valence-electron chi connectivity index (χ1n) is 10.3. The molecule has 0 unspecified atom stereocenters. The van der Waals surface area contributed by atoms with Crippen molar-refractivity contribution < 1.29 is 26.4 Å². The van der Waals surface area contributed by atoms with Gasteiger partial charge in [-0.3, -0.25) is 9.78 Å². The summed E-state index contributed by atoms with van der Waals surface area (Å²) >= 11 is 0. The average Bonchev–Trinajstić information content (AvgIpc) is 2.84. The molecule has 0 aliphatic heterocycles. The molecule has 0 saturated heterocycles. The van der Waals surface area contributed by atoms with Crippen LogP contribution in [0.25, 0.3) is 22.3 Å². The Morgan fingerprint density at radius 1 is 0.941 bits per heavy atom. The van der Waals surface area contributed by atoms with Gasteiger partial charge in [-0.05, 0) is 42.7 Å². The van der Waals surface area contributed by atoms with Gasteiger partial charge in [0.15, 0.2) is 17.4 Å². The van der Waals surface area contributed by atoms with E-state index in [0.717, 1.165) is 5.56 Å². The van der Waals surface area contributed by atoms with Crippen molar-refractivity contribution in [2.45, 2.75) is 12.8 Å². The smallest absolute Gasteiger partial charge is 0.201 e. The summed E-state index contributed by atoms with van der Waals surface area (Å²) in [4.78, 5) is 21.8. The molecule has 0 bridgehead atoms. The molecule has 0 amide bonds. The van der Waals surface area contributed by atoms with Gasteiger partial charge in [0, 0.05) is 17.7 Å². The Bertz CT molecular complexity index is 1450. The van der Waals surface area contributed by atoms with Crippen LogP contribution in [0, 0.1) is 17.5 Å². The number of thiol groups is 1. The molecule has 34 heavy (non-hydrogen) atoms. The lowest BCUT2D eigenvalue weighted by atomic mass is 9.97. The van der Waals surface area contributed by atoms with Gasteiger partial charge >= 0.3 is 0 Å². The van der Waals surface area contributed by atoms with Crippen LogP contribution < -0.4 is 4.72 Å². The van der Waals surface area contributed by atoms with Crippen LogP contribution >= 0.6 is 0 Å². The first-order chi connectivity index (χ1) is 16.3. The van der Waals surface area contributed by atoms with Crippen molar-refractivity contribution in [1.82, 2.24) is 14.7 Å². The number of carbonyl (C=O) groups excluding carboxylic acids is 1. The van der Waals surface area contributed by atoms with Gasteiger partial charge in [-0.25, -0.2) is 31.3 Å². The molecule has 0 spiro atoms. The standard InChI is InChI=1S/C24H18F3N3O3S/c25-17-11-15(7-4-10-29-34(32)33)22(26)21(23(17)27)24(31)16-8-9-18-19(12-16)30-20(13-28-18)14-5-2-1-3-6-14/h1-3,5-6,8-9,11-13,34H,4,7,10H2,(H,29,32,33). The van der Waals surface area contributed by atoms with Crippen LogP contribution in [0.2, 0.25) is 0 Å². The van der Waals surface area contributed by atoms with E-state index >= 15 is 4.39 Å². The van der Waals surface area contributed by atoms with Crippen molar-refractivity contribution in [3.63, 3.8) is 0 Å². The molecule has 0 aliphatic carbocycles. The van der Waals surface area contributed by atoms with Gasteiger partial charge in [0.25, 0.3) is 0 Å². The molecular weight excluding hydrogens is 467 g/mol. The van der Waals surface area contributed by atoms with E-state index in [1.54, 1.807) is 6.20 Å². The summed E-state index contributed by atoms with van der Waals surface area (Å²) in [7, 11) is -2.82. The largest absolute Gasteiger partial charge is 0.288 e. The maximum Gasteiger partial charge on any atom is 0.201 e.